The second-order valence-corrected chi connectivity index (χ2v) is 9.51. The third kappa shape index (κ3) is 4.15. The minimum absolute atomic E-state index is 0.414. The molecule has 2 aromatic carbocycles. The van der Waals surface area contributed by atoms with Gasteiger partial charge in [-0.05, 0) is 48.2 Å². The van der Waals surface area contributed by atoms with Gasteiger partial charge in [0.25, 0.3) is 0 Å². The average molecular weight is 427 g/mol. The normalized spacial score (nSPS) is 16.5. The molecule has 0 aliphatic carbocycles. The van der Waals surface area contributed by atoms with E-state index in [4.69, 9.17) is 4.74 Å². The van der Waals surface area contributed by atoms with Crippen LogP contribution < -0.4 is 16.2 Å². The van der Waals surface area contributed by atoms with Gasteiger partial charge in [-0.3, -0.25) is 0 Å². The summed E-state index contributed by atoms with van der Waals surface area (Å²) in [5, 5.41) is 3.53. The maximum Gasteiger partial charge on any atom is 0.211 e. The van der Waals surface area contributed by atoms with Gasteiger partial charge in [-0.2, -0.15) is 4.31 Å². The second-order valence-electron chi connectivity index (χ2n) is 7.52. The fourth-order valence-corrected chi connectivity index (χ4v) is 4.59. The Kier molecular flexibility index (Phi) is 5.44. The van der Waals surface area contributed by atoms with Crippen molar-refractivity contribution in [3.05, 3.63) is 76.7 Å². The van der Waals surface area contributed by atoms with Crippen molar-refractivity contribution in [1.29, 1.82) is 0 Å². The van der Waals surface area contributed by atoms with Gasteiger partial charge in [-0.15, -0.1) is 0 Å². The molecule has 2 aliphatic heterocycles. The molecule has 0 bridgehead atoms. The predicted octanol–water partition coefficient (Wildman–Crippen LogP) is 2.99. The van der Waals surface area contributed by atoms with Crippen LogP contribution in [0.25, 0.3) is 5.70 Å². The van der Waals surface area contributed by atoms with Crippen LogP contribution in [0.15, 0.2) is 54.4 Å². The SMILES string of the molecule is COC1=CNNC(c2cc(Nc3cccc4c3CCN(S(C)(=O)=O)C4)ccc2C)=C1. The Labute approximate surface area is 177 Å². The van der Waals surface area contributed by atoms with Crippen molar-refractivity contribution >= 4 is 27.1 Å². The largest absolute Gasteiger partial charge is 0.495 e. The third-order valence-electron chi connectivity index (χ3n) is 5.45. The lowest BCUT2D eigenvalue weighted by Gasteiger charge is -2.28. The summed E-state index contributed by atoms with van der Waals surface area (Å²) < 4.78 is 30.7. The Balaban J connectivity index is 1.62. The molecule has 0 aromatic heterocycles. The van der Waals surface area contributed by atoms with E-state index in [1.54, 1.807) is 13.3 Å². The number of anilines is 2. The molecule has 0 saturated carbocycles. The van der Waals surface area contributed by atoms with Crippen molar-refractivity contribution in [1.82, 2.24) is 15.2 Å². The number of hydrazine groups is 1. The van der Waals surface area contributed by atoms with E-state index in [0.29, 0.717) is 19.5 Å². The van der Waals surface area contributed by atoms with Crippen LogP contribution in [0, 0.1) is 6.92 Å². The van der Waals surface area contributed by atoms with Crippen LogP contribution in [0.2, 0.25) is 0 Å². The number of nitrogens with one attached hydrogen (secondary N) is 3. The van der Waals surface area contributed by atoms with Gasteiger partial charge in [0.2, 0.25) is 10.0 Å². The Bertz CT molecular complexity index is 1140. The first-order valence-electron chi connectivity index (χ1n) is 9.76. The molecule has 0 saturated heterocycles. The van der Waals surface area contributed by atoms with Crippen LogP contribution in [-0.2, 0) is 27.7 Å². The minimum atomic E-state index is -3.19. The highest BCUT2D eigenvalue weighted by molar-refractivity contribution is 7.88. The number of ether oxygens (including phenoxy) is 1. The number of methoxy groups -OCH3 is 1. The Morgan fingerprint density at radius 1 is 1.20 bits per heavy atom. The van der Waals surface area contributed by atoms with E-state index in [1.807, 2.05) is 30.3 Å². The second kappa shape index (κ2) is 8.04. The summed E-state index contributed by atoms with van der Waals surface area (Å²) >= 11 is 0. The highest BCUT2D eigenvalue weighted by Crippen LogP contribution is 2.31. The molecule has 0 unspecified atom stereocenters. The molecule has 3 N–H and O–H groups in total. The third-order valence-corrected chi connectivity index (χ3v) is 6.70. The average Bonchev–Trinajstić information content (AvgIpc) is 2.74. The van der Waals surface area contributed by atoms with Crippen LogP contribution in [0.3, 0.4) is 0 Å². The first-order chi connectivity index (χ1) is 14.3. The van der Waals surface area contributed by atoms with Crippen LogP contribution in [0.1, 0.15) is 22.3 Å². The molecule has 0 fully saturated rings. The fraction of sp³-hybridized carbons (Fsp3) is 0.273. The highest BCUT2D eigenvalue weighted by Gasteiger charge is 2.24. The van der Waals surface area contributed by atoms with E-state index in [9.17, 15) is 8.42 Å². The van der Waals surface area contributed by atoms with Crippen LogP contribution in [0.4, 0.5) is 11.4 Å². The molecular weight excluding hydrogens is 400 g/mol. The number of allylic oxidation sites excluding steroid dienone is 1. The summed E-state index contributed by atoms with van der Waals surface area (Å²) in [6, 6.07) is 12.2. The van der Waals surface area contributed by atoms with E-state index >= 15 is 0 Å². The fourth-order valence-electron chi connectivity index (χ4n) is 3.80. The maximum atomic E-state index is 11.9. The number of hydrogen-bond acceptors (Lipinski definition) is 6. The predicted molar refractivity (Wildman–Crippen MR) is 119 cm³/mol. The number of hydrogen-bond donors (Lipinski definition) is 3. The van der Waals surface area contributed by atoms with Crippen molar-refractivity contribution in [3.63, 3.8) is 0 Å². The first-order valence-corrected chi connectivity index (χ1v) is 11.6. The lowest BCUT2D eigenvalue weighted by Crippen LogP contribution is -2.35. The summed E-state index contributed by atoms with van der Waals surface area (Å²) in [6.45, 7) is 2.98. The van der Waals surface area contributed by atoms with Crippen LogP contribution in [-0.4, -0.2) is 32.6 Å². The quantitative estimate of drug-likeness (QED) is 0.682. The van der Waals surface area contributed by atoms with Crippen molar-refractivity contribution in [2.75, 3.05) is 25.2 Å². The zero-order valence-corrected chi connectivity index (χ0v) is 18.1. The monoisotopic (exact) mass is 426 g/mol. The summed E-state index contributed by atoms with van der Waals surface area (Å²) in [4.78, 5) is 0. The van der Waals surface area contributed by atoms with Gasteiger partial charge in [-0.25, -0.2) is 8.42 Å². The zero-order valence-electron chi connectivity index (χ0n) is 17.3. The van der Waals surface area contributed by atoms with E-state index in [1.165, 1.54) is 16.1 Å². The smallest absolute Gasteiger partial charge is 0.211 e. The number of nitrogens with zero attached hydrogens (tertiary/aromatic N) is 1. The van der Waals surface area contributed by atoms with Gasteiger partial charge in [0.1, 0.15) is 5.76 Å². The number of sulfonamides is 1. The molecule has 4 rings (SSSR count). The van der Waals surface area contributed by atoms with Crippen molar-refractivity contribution in [3.8, 4) is 0 Å². The van der Waals surface area contributed by atoms with Crippen molar-refractivity contribution < 1.29 is 13.2 Å². The van der Waals surface area contributed by atoms with Gasteiger partial charge in [0.05, 0.1) is 25.3 Å². The van der Waals surface area contributed by atoms with Gasteiger partial charge >= 0.3 is 0 Å². The zero-order chi connectivity index (χ0) is 21.3. The number of aryl methyl sites for hydroxylation is 1. The molecule has 0 atom stereocenters. The maximum absolute atomic E-state index is 11.9. The van der Waals surface area contributed by atoms with E-state index < -0.39 is 10.0 Å². The summed E-state index contributed by atoms with van der Waals surface area (Å²) in [6.07, 6.45) is 5.66. The number of benzene rings is 2. The molecule has 0 spiro atoms. The molecule has 0 radical (unpaired) electrons. The van der Waals surface area contributed by atoms with Crippen molar-refractivity contribution in [2.45, 2.75) is 19.9 Å². The molecule has 158 valence electrons. The lowest BCUT2D eigenvalue weighted by molar-refractivity contribution is 0.301. The molecule has 2 heterocycles. The molecule has 0 amide bonds. The summed E-state index contributed by atoms with van der Waals surface area (Å²) in [7, 11) is -1.55. The van der Waals surface area contributed by atoms with Crippen LogP contribution in [0.5, 0.6) is 0 Å². The van der Waals surface area contributed by atoms with Gasteiger partial charge < -0.3 is 20.9 Å². The topological polar surface area (TPSA) is 82.7 Å². The van der Waals surface area contributed by atoms with E-state index in [-0.39, 0.29) is 0 Å². The lowest BCUT2D eigenvalue weighted by atomic mass is 9.98. The van der Waals surface area contributed by atoms with Gasteiger partial charge in [-0.1, -0.05) is 18.2 Å². The number of rotatable bonds is 5. The van der Waals surface area contributed by atoms with E-state index in [2.05, 4.69) is 35.2 Å². The molecule has 2 aromatic rings. The molecule has 8 heteroatoms. The molecule has 30 heavy (non-hydrogen) atoms. The Hall–Kier alpha value is -2.97. The number of fused-ring (bicyclic) bond motifs is 1. The first kappa shape index (κ1) is 20.3. The Morgan fingerprint density at radius 3 is 2.80 bits per heavy atom. The molecule has 7 nitrogen and oxygen atoms in total. The van der Waals surface area contributed by atoms with Gasteiger partial charge in [0, 0.05) is 36.1 Å². The highest BCUT2D eigenvalue weighted by atomic mass is 32.2. The summed E-state index contributed by atoms with van der Waals surface area (Å²) in [5.74, 6) is 0.745. The standard InChI is InChI=1S/C22H26N4O3S/c1-15-7-8-17(11-20(15)22-12-18(29-2)13-23-25-22)24-21-6-4-5-16-14-26(30(3,27)28)10-9-19(16)21/h4-8,11-13,23-25H,9-10,14H2,1-3H3. The molecule has 2 aliphatic rings. The van der Waals surface area contributed by atoms with Gasteiger partial charge in [0.15, 0.2) is 0 Å². The van der Waals surface area contributed by atoms with Crippen molar-refractivity contribution in [2.24, 2.45) is 0 Å². The Morgan fingerprint density at radius 2 is 2.03 bits per heavy atom. The van der Waals surface area contributed by atoms with Crippen LogP contribution >= 0.6 is 0 Å². The molecular formula is C22H26N4O3S. The van der Waals surface area contributed by atoms with E-state index in [0.717, 1.165) is 39.5 Å². The minimum Gasteiger partial charge on any atom is -0.495 e. The summed E-state index contributed by atoms with van der Waals surface area (Å²) in [5.41, 5.74) is 13.5.